The number of hydrogen-bond donors (Lipinski definition) is 1. The summed E-state index contributed by atoms with van der Waals surface area (Å²) in [7, 11) is 0. The van der Waals surface area contributed by atoms with Gasteiger partial charge in [0.2, 0.25) is 0 Å². The first-order valence-corrected chi connectivity index (χ1v) is 10.6. The molecule has 1 unspecified atom stereocenters. The molecule has 0 bridgehead atoms. The SMILES string of the molecule is Cc1ccc(N2C3=[N+](CCCCC3)CC2(O)c2ccc(SC(F)F)cc2)cc1. The average Bonchev–Trinajstić information content (AvgIpc) is 2.79. The van der Waals surface area contributed by atoms with Crippen molar-refractivity contribution in [2.75, 3.05) is 18.0 Å². The van der Waals surface area contributed by atoms with Crippen molar-refractivity contribution < 1.29 is 18.5 Å². The minimum atomic E-state index is -2.45. The van der Waals surface area contributed by atoms with E-state index in [9.17, 15) is 13.9 Å². The first-order chi connectivity index (χ1) is 13.5. The van der Waals surface area contributed by atoms with Crippen LogP contribution in [0.25, 0.3) is 0 Å². The van der Waals surface area contributed by atoms with Crippen LogP contribution in [0.3, 0.4) is 0 Å². The first kappa shape index (κ1) is 19.4. The lowest BCUT2D eigenvalue weighted by Crippen LogP contribution is -2.47. The topological polar surface area (TPSA) is 26.5 Å². The standard InChI is InChI=1S/C22H25F2N2OS/c1-16-6-10-18(11-7-16)26-20-5-3-2-4-14-25(20)15-22(26,27)17-8-12-19(13-9-17)28-21(23)24/h6-13,21,27H,2-5,14-15H2,1H3/q+1. The molecule has 0 fully saturated rings. The third kappa shape index (κ3) is 3.67. The molecule has 0 aromatic heterocycles. The molecular formula is C22H25F2N2OS+. The molecule has 0 aliphatic carbocycles. The normalized spacial score (nSPS) is 22.5. The molecular weight excluding hydrogens is 378 g/mol. The number of rotatable bonds is 4. The second-order valence-electron chi connectivity index (χ2n) is 7.54. The number of nitrogens with zero attached hydrogens (tertiary/aromatic N) is 2. The van der Waals surface area contributed by atoms with Gasteiger partial charge in [-0.05, 0) is 50.5 Å². The van der Waals surface area contributed by atoms with Crippen molar-refractivity contribution in [3.8, 4) is 0 Å². The maximum Gasteiger partial charge on any atom is 0.288 e. The number of halogens is 2. The van der Waals surface area contributed by atoms with Crippen molar-refractivity contribution in [2.24, 2.45) is 0 Å². The van der Waals surface area contributed by atoms with Gasteiger partial charge in [0.1, 0.15) is 5.69 Å². The van der Waals surface area contributed by atoms with Crippen LogP contribution in [0.2, 0.25) is 0 Å². The summed E-state index contributed by atoms with van der Waals surface area (Å²) < 4.78 is 27.6. The van der Waals surface area contributed by atoms with Crippen LogP contribution >= 0.6 is 11.8 Å². The van der Waals surface area contributed by atoms with Gasteiger partial charge in [-0.3, -0.25) is 4.58 Å². The highest BCUT2D eigenvalue weighted by Gasteiger charge is 2.53. The van der Waals surface area contributed by atoms with E-state index >= 15 is 0 Å². The summed E-state index contributed by atoms with van der Waals surface area (Å²) in [5.74, 6) is -1.30. The molecule has 2 aromatic carbocycles. The molecule has 1 atom stereocenters. The first-order valence-electron chi connectivity index (χ1n) is 9.73. The molecule has 0 saturated carbocycles. The van der Waals surface area contributed by atoms with E-state index in [2.05, 4.69) is 16.7 Å². The number of alkyl halides is 2. The van der Waals surface area contributed by atoms with Crippen molar-refractivity contribution in [3.05, 3.63) is 59.7 Å². The molecule has 0 saturated heterocycles. The molecule has 0 radical (unpaired) electrons. The van der Waals surface area contributed by atoms with Crippen LogP contribution in [-0.2, 0) is 5.72 Å². The second-order valence-corrected chi connectivity index (χ2v) is 8.60. The molecule has 0 spiro atoms. The monoisotopic (exact) mass is 403 g/mol. The Bertz CT molecular complexity index is 867. The van der Waals surface area contributed by atoms with Crippen LogP contribution in [0.15, 0.2) is 53.4 Å². The number of amidine groups is 1. The molecule has 28 heavy (non-hydrogen) atoms. The molecule has 2 aliphatic rings. The van der Waals surface area contributed by atoms with Gasteiger partial charge in [-0.15, -0.1) is 0 Å². The summed E-state index contributed by atoms with van der Waals surface area (Å²) >= 11 is 0.526. The van der Waals surface area contributed by atoms with E-state index in [-0.39, 0.29) is 0 Å². The zero-order valence-electron chi connectivity index (χ0n) is 15.9. The maximum absolute atomic E-state index is 12.6. The Morgan fingerprint density at radius 1 is 1.04 bits per heavy atom. The van der Waals surface area contributed by atoms with Crippen LogP contribution in [0, 0.1) is 6.92 Å². The highest BCUT2D eigenvalue weighted by atomic mass is 32.2. The quantitative estimate of drug-likeness (QED) is 0.577. The lowest BCUT2D eigenvalue weighted by atomic mass is 10.00. The Morgan fingerprint density at radius 3 is 2.43 bits per heavy atom. The number of anilines is 1. The van der Waals surface area contributed by atoms with Crippen molar-refractivity contribution in [2.45, 2.75) is 49.0 Å². The summed E-state index contributed by atoms with van der Waals surface area (Å²) in [5, 5.41) is 11.8. The molecule has 148 valence electrons. The molecule has 4 rings (SSSR count). The second kappa shape index (κ2) is 7.84. The van der Waals surface area contributed by atoms with Gasteiger partial charge in [-0.2, -0.15) is 13.7 Å². The summed E-state index contributed by atoms with van der Waals surface area (Å²) in [6.07, 6.45) is 4.34. The third-order valence-electron chi connectivity index (χ3n) is 5.57. The number of aryl methyl sites for hydroxylation is 1. The fraction of sp³-hybridized carbons (Fsp3) is 0.409. The van der Waals surface area contributed by atoms with E-state index in [4.69, 9.17) is 0 Å². The Labute approximate surface area is 168 Å². The van der Waals surface area contributed by atoms with E-state index in [1.165, 1.54) is 12.0 Å². The van der Waals surface area contributed by atoms with Gasteiger partial charge in [0.25, 0.3) is 17.3 Å². The zero-order valence-corrected chi connectivity index (χ0v) is 16.8. The lowest BCUT2D eigenvalue weighted by Gasteiger charge is -2.29. The van der Waals surface area contributed by atoms with Crippen LogP contribution in [0.1, 0.15) is 36.8 Å². The molecule has 1 N–H and O–H groups in total. The molecule has 3 nitrogen and oxygen atoms in total. The highest BCUT2D eigenvalue weighted by molar-refractivity contribution is 7.99. The van der Waals surface area contributed by atoms with Gasteiger partial charge < -0.3 is 5.11 Å². The number of hydrogen-bond acceptors (Lipinski definition) is 3. The van der Waals surface area contributed by atoms with Crippen molar-refractivity contribution >= 4 is 23.3 Å². The Hall–Kier alpha value is -1.92. The van der Waals surface area contributed by atoms with Gasteiger partial charge >= 0.3 is 0 Å². The van der Waals surface area contributed by atoms with Crippen LogP contribution in [0.4, 0.5) is 14.5 Å². The van der Waals surface area contributed by atoms with Gasteiger partial charge in [0.15, 0.2) is 6.54 Å². The van der Waals surface area contributed by atoms with Gasteiger partial charge in [0, 0.05) is 16.9 Å². The molecule has 2 aliphatic heterocycles. The number of thioether (sulfide) groups is 1. The summed E-state index contributed by atoms with van der Waals surface area (Å²) in [5.41, 5.74) is 1.64. The predicted octanol–water partition coefficient (Wildman–Crippen LogP) is 4.96. The fourth-order valence-electron chi connectivity index (χ4n) is 4.20. The minimum Gasteiger partial charge on any atom is -0.346 e. The van der Waals surface area contributed by atoms with Crippen molar-refractivity contribution in [3.63, 3.8) is 0 Å². The summed E-state index contributed by atoms with van der Waals surface area (Å²) in [6, 6.07) is 15.1. The molecule has 6 heteroatoms. The average molecular weight is 404 g/mol. The van der Waals surface area contributed by atoms with E-state index in [1.807, 2.05) is 24.0 Å². The van der Waals surface area contributed by atoms with E-state index in [1.54, 1.807) is 24.3 Å². The smallest absolute Gasteiger partial charge is 0.288 e. The van der Waals surface area contributed by atoms with Gasteiger partial charge in [-0.1, -0.05) is 41.6 Å². The minimum absolute atomic E-state index is 0.484. The summed E-state index contributed by atoms with van der Waals surface area (Å²) in [6.45, 7) is 3.46. The largest absolute Gasteiger partial charge is 0.346 e. The lowest BCUT2D eigenvalue weighted by molar-refractivity contribution is -0.534. The van der Waals surface area contributed by atoms with E-state index < -0.39 is 11.5 Å². The Morgan fingerprint density at radius 2 is 1.75 bits per heavy atom. The number of aliphatic hydroxyl groups is 1. The van der Waals surface area contributed by atoms with Gasteiger partial charge in [0.05, 0.1) is 6.54 Å². The van der Waals surface area contributed by atoms with Crippen molar-refractivity contribution in [1.82, 2.24) is 0 Å². The van der Waals surface area contributed by atoms with E-state index in [0.29, 0.717) is 23.2 Å². The molecule has 2 aromatic rings. The van der Waals surface area contributed by atoms with Crippen LogP contribution < -0.4 is 4.90 Å². The van der Waals surface area contributed by atoms with Crippen molar-refractivity contribution in [1.29, 1.82) is 0 Å². The van der Waals surface area contributed by atoms with Gasteiger partial charge in [-0.25, -0.2) is 0 Å². The third-order valence-corrected chi connectivity index (χ3v) is 6.29. The predicted molar refractivity (Wildman–Crippen MR) is 109 cm³/mol. The van der Waals surface area contributed by atoms with Crippen LogP contribution in [0.5, 0.6) is 0 Å². The van der Waals surface area contributed by atoms with E-state index in [0.717, 1.165) is 42.9 Å². The Balaban J connectivity index is 1.74. The highest BCUT2D eigenvalue weighted by Crippen LogP contribution is 2.38. The zero-order chi connectivity index (χ0) is 19.7. The fourth-order valence-corrected chi connectivity index (χ4v) is 4.70. The number of benzene rings is 2. The maximum atomic E-state index is 12.6. The Kier molecular flexibility index (Phi) is 5.43. The molecule has 0 amide bonds. The molecule has 2 heterocycles. The summed E-state index contributed by atoms with van der Waals surface area (Å²) in [4.78, 5) is 2.55. The van der Waals surface area contributed by atoms with Crippen LogP contribution in [-0.4, -0.2) is 34.4 Å².